The van der Waals surface area contributed by atoms with Crippen LogP contribution in [0.3, 0.4) is 0 Å². The van der Waals surface area contributed by atoms with E-state index in [0.29, 0.717) is 6.61 Å². The highest BCUT2D eigenvalue weighted by Gasteiger charge is 2.15. The number of anilines is 1. The molecule has 0 atom stereocenters. The predicted octanol–water partition coefficient (Wildman–Crippen LogP) is 3.89. The average Bonchev–Trinajstić information content (AvgIpc) is 2.61. The SMILES string of the molecule is Cc1cc(OCC(C)(C)O)ccc1N1CCNCC1.Clc1ccccc1. The third kappa shape index (κ3) is 7.24. The number of ether oxygens (including phenoxy) is 1. The monoisotopic (exact) mass is 376 g/mol. The van der Waals surface area contributed by atoms with E-state index in [-0.39, 0.29) is 0 Å². The van der Waals surface area contributed by atoms with Crippen molar-refractivity contribution in [2.24, 2.45) is 0 Å². The lowest BCUT2D eigenvalue weighted by Crippen LogP contribution is -2.43. The van der Waals surface area contributed by atoms with Crippen LogP contribution in [0.1, 0.15) is 19.4 Å². The highest BCUT2D eigenvalue weighted by Crippen LogP contribution is 2.25. The zero-order valence-corrected chi connectivity index (χ0v) is 16.6. The Morgan fingerprint density at radius 3 is 2.27 bits per heavy atom. The molecule has 1 saturated heterocycles. The smallest absolute Gasteiger partial charge is 0.119 e. The number of piperazine rings is 1. The van der Waals surface area contributed by atoms with Gasteiger partial charge in [-0.15, -0.1) is 0 Å². The molecule has 0 bridgehead atoms. The number of hydrogen-bond acceptors (Lipinski definition) is 4. The van der Waals surface area contributed by atoms with Gasteiger partial charge >= 0.3 is 0 Å². The number of nitrogens with one attached hydrogen (secondary N) is 1. The normalized spacial score (nSPS) is 14.4. The van der Waals surface area contributed by atoms with Crippen LogP contribution in [0, 0.1) is 6.92 Å². The van der Waals surface area contributed by atoms with Crippen LogP contribution in [0.15, 0.2) is 48.5 Å². The topological polar surface area (TPSA) is 44.7 Å². The zero-order chi connectivity index (χ0) is 19.0. The molecule has 4 nitrogen and oxygen atoms in total. The van der Waals surface area contributed by atoms with Crippen LogP contribution < -0.4 is 15.0 Å². The molecule has 1 aliphatic rings. The van der Waals surface area contributed by atoms with Crippen LogP contribution in [-0.2, 0) is 0 Å². The lowest BCUT2D eigenvalue weighted by molar-refractivity contribution is 0.0285. The van der Waals surface area contributed by atoms with E-state index < -0.39 is 5.60 Å². The number of aliphatic hydroxyl groups is 1. The lowest BCUT2D eigenvalue weighted by atomic mass is 10.1. The molecule has 2 N–H and O–H groups in total. The number of aryl methyl sites for hydroxylation is 1. The molecule has 0 aliphatic carbocycles. The number of benzene rings is 2. The van der Waals surface area contributed by atoms with Gasteiger partial charge in [-0.1, -0.05) is 29.8 Å². The summed E-state index contributed by atoms with van der Waals surface area (Å²) < 4.78 is 5.61. The molecule has 0 saturated carbocycles. The van der Waals surface area contributed by atoms with E-state index in [4.69, 9.17) is 16.3 Å². The summed E-state index contributed by atoms with van der Waals surface area (Å²) in [6.45, 7) is 10.1. The van der Waals surface area contributed by atoms with Gasteiger partial charge in [-0.2, -0.15) is 0 Å². The second-order valence-corrected chi connectivity index (χ2v) is 7.52. The van der Waals surface area contributed by atoms with Gasteiger partial charge in [-0.25, -0.2) is 0 Å². The molecule has 0 unspecified atom stereocenters. The maximum absolute atomic E-state index is 9.67. The highest BCUT2D eigenvalue weighted by atomic mass is 35.5. The average molecular weight is 377 g/mol. The van der Waals surface area contributed by atoms with Crippen LogP contribution in [0.25, 0.3) is 0 Å². The maximum atomic E-state index is 9.67. The Kier molecular flexibility index (Phi) is 7.76. The van der Waals surface area contributed by atoms with Crippen molar-refractivity contribution in [2.45, 2.75) is 26.4 Å². The zero-order valence-electron chi connectivity index (χ0n) is 15.8. The third-order valence-electron chi connectivity index (χ3n) is 3.95. The molecule has 2 aromatic carbocycles. The van der Waals surface area contributed by atoms with E-state index in [1.807, 2.05) is 42.5 Å². The highest BCUT2D eigenvalue weighted by molar-refractivity contribution is 6.30. The molecule has 1 heterocycles. The van der Waals surface area contributed by atoms with Gasteiger partial charge in [0.05, 0.1) is 5.60 Å². The van der Waals surface area contributed by atoms with Gasteiger partial charge in [-0.3, -0.25) is 0 Å². The quantitative estimate of drug-likeness (QED) is 0.849. The standard InChI is InChI=1S/C15H24N2O2.C6H5Cl/c1-12-10-13(19-11-15(2,3)18)4-5-14(12)17-8-6-16-7-9-17;7-6-4-2-1-3-5-6/h4-5,10,16,18H,6-9,11H2,1-3H3;1-5H. The predicted molar refractivity (Wildman–Crippen MR) is 110 cm³/mol. The summed E-state index contributed by atoms with van der Waals surface area (Å²) in [4.78, 5) is 2.39. The summed E-state index contributed by atoms with van der Waals surface area (Å²) >= 11 is 5.54. The Morgan fingerprint density at radius 2 is 1.77 bits per heavy atom. The molecule has 5 heteroatoms. The minimum Gasteiger partial charge on any atom is -0.491 e. The summed E-state index contributed by atoms with van der Waals surface area (Å²) in [6, 6.07) is 15.6. The Labute approximate surface area is 161 Å². The van der Waals surface area contributed by atoms with E-state index in [9.17, 15) is 5.11 Å². The fraction of sp³-hybridized carbons (Fsp3) is 0.429. The first-order chi connectivity index (χ1) is 12.3. The van der Waals surface area contributed by atoms with Gasteiger partial charge in [0, 0.05) is 36.9 Å². The van der Waals surface area contributed by atoms with E-state index in [1.165, 1.54) is 11.3 Å². The second-order valence-electron chi connectivity index (χ2n) is 7.08. The van der Waals surface area contributed by atoms with Crippen LogP contribution in [-0.4, -0.2) is 43.5 Å². The number of hydrogen-bond donors (Lipinski definition) is 2. The molecule has 0 aromatic heterocycles. The van der Waals surface area contributed by atoms with Crippen LogP contribution in [0.4, 0.5) is 5.69 Å². The first kappa shape index (κ1) is 20.6. The van der Waals surface area contributed by atoms with Gasteiger partial charge in [0.1, 0.15) is 12.4 Å². The molecule has 1 fully saturated rings. The minimum absolute atomic E-state index is 0.305. The molecular formula is C21H29ClN2O2. The van der Waals surface area contributed by atoms with Crippen molar-refractivity contribution in [1.82, 2.24) is 5.32 Å². The fourth-order valence-corrected chi connectivity index (χ4v) is 2.80. The number of rotatable bonds is 4. The van der Waals surface area contributed by atoms with Crippen molar-refractivity contribution in [1.29, 1.82) is 0 Å². The summed E-state index contributed by atoms with van der Waals surface area (Å²) in [5, 5.41) is 13.8. The summed E-state index contributed by atoms with van der Waals surface area (Å²) in [5.74, 6) is 0.818. The van der Waals surface area contributed by atoms with Gasteiger partial charge in [0.2, 0.25) is 0 Å². The molecular weight excluding hydrogens is 348 g/mol. The molecule has 142 valence electrons. The number of nitrogens with zero attached hydrogens (tertiary/aromatic N) is 1. The van der Waals surface area contributed by atoms with Crippen LogP contribution in [0.2, 0.25) is 5.02 Å². The molecule has 0 radical (unpaired) electrons. The molecule has 2 aromatic rings. The first-order valence-electron chi connectivity index (χ1n) is 8.97. The Morgan fingerprint density at radius 1 is 1.12 bits per heavy atom. The van der Waals surface area contributed by atoms with Crippen molar-refractivity contribution in [3.05, 3.63) is 59.1 Å². The molecule has 3 rings (SSSR count). The summed E-state index contributed by atoms with van der Waals surface area (Å²) in [7, 11) is 0. The second kappa shape index (κ2) is 9.81. The van der Waals surface area contributed by atoms with Crippen molar-refractivity contribution in [3.8, 4) is 5.75 Å². The first-order valence-corrected chi connectivity index (χ1v) is 9.35. The van der Waals surface area contributed by atoms with E-state index >= 15 is 0 Å². The molecule has 0 amide bonds. The third-order valence-corrected chi connectivity index (χ3v) is 4.20. The van der Waals surface area contributed by atoms with Gasteiger partial charge in [0.15, 0.2) is 0 Å². The Bertz CT molecular complexity index is 665. The van der Waals surface area contributed by atoms with Crippen molar-refractivity contribution in [2.75, 3.05) is 37.7 Å². The van der Waals surface area contributed by atoms with Crippen LogP contribution in [0.5, 0.6) is 5.75 Å². The van der Waals surface area contributed by atoms with Gasteiger partial charge in [-0.05, 0) is 56.7 Å². The maximum Gasteiger partial charge on any atom is 0.119 e. The van der Waals surface area contributed by atoms with Crippen molar-refractivity contribution < 1.29 is 9.84 Å². The van der Waals surface area contributed by atoms with Crippen molar-refractivity contribution in [3.63, 3.8) is 0 Å². The van der Waals surface area contributed by atoms with E-state index in [2.05, 4.69) is 23.2 Å². The molecule has 0 spiro atoms. The fourth-order valence-electron chi connectivity index (χ4n) is 2.65. The lowest BCUT2D eigenvalue weighted by Gasteiger charge is -2.31. The summed E-state index contributed by atoms with van der Waals surface area (Å²) in [5.41, 5.74) is 1.69. The number of halogens is 1. The van der Waals surface area contributed by atoms with Crippen LogP contribution >= 0.6 is 11.6 Å². The van der Waals surface area contributed by atoms with Gasteiger partial charge < -0.3 is 20.1 Å². The molecule has 1 aliphatic heterocycles. The van der Waals surface area contributed by atoms with E-state index in [0.717, 1.165) is 37.0 Å². The van der Waals surface area contributed by atoms with Gasteiger partial charge in [0.25, 0.3) is 0 Å². The summed E-state index contributed by atoms with van der Waals surface area (Å²) in [6.07, 6.45) is 0. The van der Waals surface area contributed by atoms with Crippen molar-refractivity contribution >= 4 is 17.3 Å². The Balaban J connectivity index is 0.000000290. The Hall–Kier alpha value is -1.75. The molecule has 26 heavy (non-hydrogen) atoms. The largest absolute Gasteiger partial charge is 0.491 e. The van der Waals surface area contributed by atoms with E-state index in [1.54, 1.807) is 13.8 Å². The minimum atomic E-state index is -0.800.